The van der Waals surface area contributed by atoms with Crippen molar-refractivity contribution in [3.05, 3.63) is 45.4 Å². The standard InChI is InChI=1S/C16H18ClN3OS.ClH/c1-10-14(9-11-4-2-5-12(17)8-11)22-16(19-10)20-15(21)13-6-3-7-18-13;/h2,4-5,8,13,18H,3,6-7,9H2,1H3,(H,19,20,21);1H. The number of aromatic nitrogens is 1. The topological polar surface area (TPSA) is 54.0 Å². The molecule has 0 bridgehead atoms. The molecule has 2 aromatic rings. The van der Waals surface area contributed by atoms with Crippen molar-refractivity contribution in [2.45, 2.75) is 32.2 Å². The van der Waals surface area contributed by atoms with Gasteiger partial charge in [-0.1, -0.05) is 23.7 Å². The number of carbonyl (C=O) groups excluding carboxylic acids is 1. The van der Waals surface area contributed by atoms with Gasteiger partial charge >= 0.3 is 0 Å². The van der Waals surface area contributed by atoms with Crippen LogP contribution in [0.1, 0.15) is 29.0 Å². The van der Waals surface area contributed by atoms with Crippen LogP contribution in [-0.4, -0.2) is 23.5 Å². The summed E-state index contributed by atoms with van der Waals surface area (Å²) in [6.45, 7) is 2.88. The highest BCUT2D eigenvalue weighted by Gasteiger charge is 2.23. The van der Waals surface area contributed by atoms with Crippen LogP contribution in [0, 0.1) is 6.92 Å². The van der Waals surface area contributed by atoms with Gasteiger partial charge in [0.05, 0.1) is 11.7 Å². The number of aryl methyl sites for hydroxylation is 1. The maximum absolute atomic E-state index is 12.1. The fourth-order valence-electron chi connectivity index (χ4n) is 2.58. The van der Waals surface area contributed by atoms with Gasteiger partial charge in [-0.3, -0.25) is 4.79 Å². The molecule has 1 unspecified atom stereocenters. The normalized spacial score (nSPS) is 16.9. The molecule has 2 N–H and O–H groups in total. The SMILES string of the molecule is Cc1nc(NC(=O)C2CCCN2)sc1Cc1cccc(Cl)c1.Cl. The monoisotopic (exact) mass is 371 g/mol. The molecule has 2 heterocycles. The molecule has 1 saturated heterocycles. The van der Waals surface area contributed by atoms with Crippen LogP contribution in [0.2, 0.25) is 5.02 Å². The first kappa shape index (κ1) is 18.2. The van der Waals surface area contributed by atoms with Crippen LogP contribution in [-0.2, 0) is 11.2 Å². The third-order valence-electron chi connectivity index (χ3n) is 3.75. The summed E-state index contributed by atoms with van der Waals surface area (Å²) >= 11 is 7.55. The van der Waals surface area contributed by atoms with Crippen molar-refractivity contribution in [3.8, 4) is 0 Å². The first-order chi connectivity index (χ1) is 10.6. The van der Waals surface area contributed by atoms with E-state index >= 15 is 0 Å². The van der Waals surface area contributed by atoms with E-state index in [0.29, 0.717) is 5.13 Å². The van der Waals surface area contributed by atoms with Crippen molar-refractivity contribution in [2.24, 2.45) is 0 Å². The van der Waals surface area contributed by atoms with E-state index < -0.39 is 0 Å². The van der Waals surface area contributed by atoms with E-state index in [0.717, 1.165) is 47.0 Å². The predicted octanol–water partition coefficient (Wildman–Crippen LogP) is 3.81. The number of nitrogens with one attached hydrogen (secondary N) is 2. The average Bonchev–Trinajstić information content (AvgIpc) is 3.10. The Morgan fingerprint density at radius 2 is 2.35 bits per heavy atom. The third-order valence-corrected chi connectivity index (χ3v) is 5.06. The number of anilines is 1. The number of hydrogen-bond donors (Lipinski definition) is 2. The van der Waals surface area contributed by atoms with Crippen molar-refractivity contribution in [2.75, 3.05) is 11.9 Å². The molecule has 1 fully saturated rings. The number of thiazole rings is 1. The lowest BCUT2D eigenvalue weighted by Gasteiger charge is -2.08. The second-order valence-corrected chi connectivity index (χ2v) is 6.99. The van der Waals surface area contributed by atoms with E-state index in [1.165, 1.54) is 11.3 Å². The lowest BCUT2D eigenvalue weighted by Crippen LogP contribution is -2.35. The van der Waals surface area contributed by atoms with E-state index in [-0.39, 0.29) is 24.4 Å². The lowest BCUT2D eigenvalue weighted by molar-refractivity contribution is -0.117. The third kappa shape index (κ3) is 4.67. The van der Waals surface area contributed by atoms with Crippen LogP contribution >= 0.6 is 35.3 Å². The zero-order chi connectivity index (χ0) is 15.5. The Labute approximate surface area is 151 Å². The van der Waals surface area contributed by atoms with Gasteiger partial charge in [-0.2, -0.15) is 0 Å². The van der Waals surface area contributed by atoms with Gasteiger partial charge in [0.1, 0.15) is 0 Å². The molecule has 1 aliphatic rings. The van der Waals surface area contributed by atoms with E-state index in [2.05, 4.69) is 15.6 Å². The van der Waals surface area contributed by atoms with Gasteiger partial charge < -0.3 is 10.6 Å². The van der Waals surface area contributed by atoms with E-state index in [9.17, 15) is 4.79 Å². The van der Waals surface area contributed by atoms with Crippen LogP contribution < -0.4 is 10.6 Å². The Morgan fingerprint density at radius 3 is 3.04 bits per heavy atom. The molecular weight excluding hydrogens is 353 g/mol. The summed E-state index contributed by atoms with van der Waals surface area (Å²) < 4.78 is 0. The van der Waals surface area contributed by atoms with Gasteiger partial charge in [0.15, 0.2) is 5.13 Å². The molecule has 1 aliphatic heterocycles. The lowest BCUT2D eigenvalue weighted by atomic mass is 10.1. The van der Waals surface area contributed by atoms with E-state index in [1.807, 2.05) is 31.2 Å². The minimum atomic E-state index is -0.0828. The Balaban J connectivity index is 0.00000192. The molecule has 124 valence electrons. The summed E-state index contributed by atoms with van der Waals surface area (Å²) in [7, 11) is 0. The Morgan fingerprint density at radius 1 is 1.52 bits per heavy atom. The number of carbonyl (C=O) groups is 1. The number of nitrogens with zero attached hydrogens (tertiary/aromatic N) is 1. The van der Waals surface area contributed by atoms with Crippen molar-refractivity contribution in [1.29, 1.82) is 0 Å². The minimum Gasteiger partial charge on any atom is -0.306 e. The maximum atomic E-state index is 12.1. The predicted molar refractivity (Wildman–Crippen MR) is 98.0 cm³/mol. The molecule has 0 aliphatic carbocycles. The number of amides is 1. The van der Waals surface area contributed by atoms with Gasteiger partial charge in [0, 0.05) is 16.3 Å². The highest BCUT2D eigenvalue weighted by Crippen LogP contribution is 2.26. The molecule has 7 heteroatoms. The number of benzene rings is 1. The van der Waals surface area contributed by atoms with Gasteiger partial charge in [0.2, 0.25) is 5.91 Å². The smallest absolute Gasteiger partial charge is 0.243 e. The number of hydrogen-bond acceptors (Lipinski definition) is 4. The minimum absolute atomic E-state index is 0. The van der Waals surface area contributed by atoms with Crippen molar-refractivity contribution in [1.82, 2.24) is 10.3 Å². The van der Waals surface area contributed by atoms with Crippen LogP contribution in [0.4, 0.5) is 5.13 Å². The molecule has 4 nitrogen and oxygen atoms in total. The molecule has 1 aromatic carbocycles. The zero-order valence-corrected chi connectivity index (χ0v) is 15.2. The summed E-state index contributed by atoms with van der Waals surface area (Å²) in [6, 6.07) is 7.74. The first-order valence-corrected chi connectivity index (χ1v) is 8.56. The molecule has 1 amide bonds. The summed E-state index contributed by atoms with van der Waals surface area (Å²) in [6.07, 6.45) is 2.72. The zero-order valence-electron chi connectivity index (χ0n) is 12.8. The van der Waals surface area contributed by atoms with Gasteiger partial charge in [-0.25, -0.2) is 4.98 Å². The van der Waals surface area contributed by atoms with Gasteiger partial charge in [0.25, 0.3) is 0 Å². The van der Waals surface area contributed by atoms with Crippen LogP contribution in [0.15, 0.2) is 24.3 Å². The Hall–Kier alpha value is -1.14. The van der Waals surface area contributed by atoms with Crippen molar-refractivity contribution in [3.63, 3.8) is 0 Å². The fraction of sp³-hybridized carbons (Fsp3) is 0.375. The van der Waals surface area contributed by atoms with Gasteiger partial charge in [-0.05, 0) is 44.0 Å². The Kier molecular flexibility index (Phi) is 6.41. The number of halogens is 2. The molecule has 0 saturated carbocycles. The molecule has 23 heavy (non-hydrogen) atoms. The number of rotatable bonds is 4. The first-order valence-electron chi connectivity index (χ1n) is 7.37. The molecule has 0 spiro atoms. The van der Waals surface area contributed by atoms with Gasteiger partial charge in [-0.15, -0.1) is 23.7 Å². The second kappa shape index (κ2) is 8.11. The molecule has 1 aromatic heterocycles. The highest BCUT2D eigenvalue weighted by atomic mass is 35.5. The quantitative estimate of drug-likeness (QED) is 0.858. The molecule has 1 atom stereocenters. The van der Waals surface area contributed by atoms with Crippen molar-refractivity contribution >= 4 is 46.4 Å². The van der Waals surface area contributed by atoms with Crippen LogP contribution in [0.3, 0.4) is 0 Å². The van der Waals surface area contributed by atoms with Crippen LogP contribution in [0.5, 0.6) is 0 Å². The van der Waals surface area contributed by atoms with E-state index in [4.69, 9.17) is 11.6 Å². The Bertz CT molecular complexity index is 684. The summed E-state index contributed by atoms with van der Waals surface area (Å²) in [5.41, 5.74) is 2.11. The average molecular weight is 372 g/mol. The fourth-order valence-corrected chi connectivity index (χ4v) is 3.79. The molecule has 3 rings (SSSR count). The maximum Gasteiger partial charge on any atom is 0.243 e. The summed E-state index contributed by atoms with van der Waals surface area (Å²) in [5.74, 6) is 0.0144. The van der Waals surface area contributed by atoms with Crippen molar-refractivity contribution < 1.29 is 4.79 Å². The molecular formula is C16H19Cl2N3OS. The largest absolute Gasteiger partial charge is 0.306 e. The molecule has 0 radical (unpaired) electrons. The highest BCUT2D eigenvalue weighted by molar-refractivity contribution is 7.15. The summed E-state index contributed by atoms with van der Waals surface area (Å²) in [4.78, 5) is 17.7. The summed E-state index contributed by atoms with van der Waals surface area (Å²) in [5, 5.41) is 7.53. The van der Waals surface area contributed by atoms with Crippen LogP contribution in [0.25, 0.3) is 0 Å². The second-order valence-electron chi connectivity index (χ2n) is 5.47. The van der Waals surface area contributed by atoms with E-state index in [1.54, 1.807) is 0 Å².